The van der Waals surface area contributed by atoms with E-state index >= 15 is 0 Å². The molecule has 3 heterocycles. The number of benzene rings is 1. The van der Waals surface area contributed by atoms with Crippen molar-refractivity contribution in [2.45, 2.75) is 32.7 Å². The summed E-state index contributed by atoms with van der Waals surface area (Å²) >= 11 is 0. The van der Waals surface area contributed by atoms with Gasteiger partial charge < -0.3 is 10.2 Å². The van der Waals surface area contributed by atoms with Crippen LogP contribution in [0, 0.1) is 13.8 Å². The third kappa shape index (κ3) is 3.42. The fraction of sp³-hybridized carbons (Fsp3) is 0.476. The van der Waals surface area contributed by atoms with Crippen LogP contribution in [-0.2, 0) is 23.2 Å². The minimum Gasteiger partial charge on any atom is -0.340 e. The Kier molecular flexibility index (Phi) is 4.93. The van der Waals surface area contributed by atoms with Gasteiger partial charge in [-0.1, -0.05) is 18.2 Å². The summed E-state index contributed by atoms with van der Waals surface area (Å²) in [4.78, 5) is 29.3. The van der Waals surface area contributed by atoms with Crippen molar-refractivity contribution in [3.8, 4) is 0 Å². The van der Waals surface area contributed by atoms with Crippen molar-refractivity contribution in [3.63, 3.8) is 0 Å². The molecule has 1 atom stereocenters. The largest absolute Gasteiger partial charge is 0.340 e. The van der Waals surface area contributed by atoms with Crippen LogP contribution in [0.5, 0.6) is 0 Å². The van der Waals surface area contributed by atoms with Gasteiger partial charge in [0.2, 0.25) is 11.8 Å². The number of piperazine rings is 1. The number of carbonyl (C=O) groups excluding carboxylic acids is 2. The molecule has 28 heavy (non-hydrogen) atoms. The zero-order valence-electron chi connectivity index (χ0n) is 16.7. The minimum absolute atomic E-state index is 0.0604. The molecule has 4 rings (SSSR count). The number of amides is 2. The van der Waals surface area contributed by atoms with E-state index in [4.69, 9.17) is 0 Å². The van der Waals surface area contributed by atoms with E-state index < -0.39 is 0 Å². The third-order valence-corrected chi connectivity index (χ3v) is 6.05. The summed E-state index contributed by atoms with van der Waals surface area (Å²) in [6.07, 6.45) is 0.240. The van der Waals surface area contributed by atoms with E-state index in [1.54, 1.807) is 0 Å². The van der Waals surface area contributed by atoms with Crippen LogP contribution in [0.2, 0.25) is 0 Å². The minimum atomic E-state index is -0.373. The average Bonchev–Trinajstić information content (AvgIpc) is 3.12. The quantitative estimate of drug-likeness (QED) is 0.877. The van der Waals surface area contributed by atoms with Crippen LogP contribution in [0.25, 0.3) is 0 Å². The molecule has 1 fully saturated rings. The van der Waals surface area contributed by atoms with Crippen molar-refractivity contribution in [2.24, 2.45) is 7.05 Å². The first-order valence-electron chi connectivity index (χ1n) is 9.83. The maximum atomic E-state index is 12.8. The Labute approximate surface area is 165 Å². The number of aromatic nitrogens is 2. The maximum absolute atomic E-state index is 12.8. The van der Waals surface area contributed by atoms with Crippen LogP contribution < -0.4 is 5.32 Å². The number of para-hydroxylation sites is 1. The Balaban J connectivity index is 1.34. The lowest BCUT2D eigenvalue weighted by atomic mass is 9.96. The van der Waals surface area contributed by atoms with Crippen molar-refractivity contribution in [1.29, 1.82) is 0 Å². The smallest absolute Gasteiger partial charge is 0.232 e. The topological polar surface area (TPSA) is 70.5 Å². The van der Waals surface area contributed by atoms with Gasteiger partial charge >= 0.3 is 0 Å². The summed E-state index contributed by atoms with van der Waals surface area (Å²) in [7, 11) is 1.97. The molecule has 1 saturated heterocycles. The molecule has 1 aromatic carbocycles. The van der Waals surface area contributed by atoms with Crippen LogP contribution in [0.3, 0.4) is 0 Å². The lowest BCUT2D eigenvalue weighted by Gasteiger charge is -2.35. The van der Waals surface area contributed by atoms with E-state index in [0.717, 1.165) is 36.6 Å². The molecule has 2 amide bonds. The van der Waals surface area contributed by atoms with E-state index in [0.29, 0.717) is 13.1 Å². The van der Waals surface area contributed by atoms with E-state index in [-0.39, 0.29) is 24.2 Å². The summed E-state index contributed by atoms with van der Waals surface area (Å²) < 4.78 is 1.93. The number of aryl methyl sites for hydroxylation is 2. The number of carbonyl (C=O) groups is 2. The van der Waals surface area contributed by atoms with Gasteiger partial charge in [0, 0.05) is 63.1 Å². The van der Waals surface area contributed by atoms with Crippen molar-refractivity contribution in [2.75, 3.05) is 31.5 Å². The highest BCUT2D eigenvalue weighted by Crippen LogP contribution is 2.34. The molecule has 1 unspecified atom stereocenters. The van der Waals surface area contributed by atoms with Crippen molar-refractivity contribution >= 4 is 17.5 Å². The van der Waals surface area contributed by atoms with Crippen LogP contribution >= 0.6 is 0 Å². The molecule has 0 aliphatic carbocycles. The second-order valence-corrected chi connectivity index (χ2v) is 7.76. The van der Waals surface area contributed by atoms with E-state index in [1.165, 1.54) is 11.3 Å². The second-order valence-electron chi connectivity index (χ2n) is 7.76. The lowest BCUT2D eigenvalue weighted by molar-refractivity contribution is -0.135. The summed E-state index contributed by atoms with van der Waals surface area (Å²) in [6, 6.07) is 7.63. The Morgan fingerprint density at radius 1 is 1.18 bits per heavy atom. The molecule has 0 spiro atoms. The molecule has 2 aliphatic heterocycles. The van der Waals surface area contributed by atoms with Crippen molar-refractivity contribution in [3.05, 3.63) is 46.8 Å². The van der Waals surface area contributed by atoms with Crippen LogP contribution in [0.1, 0.15) is 34.9 Å². The van der Waals surface area contributed by atoms with Crippen molar-refractivity contribution < 1.29 is 9.59 Å². The first-order valence-corrected chi connectivity index (χ1v) is 9.83. The Bertz CT molecular complexity index is 912. The fourth-order valence-corrected chi connectivity index (χ4v) is 4.21. The summed E-state index contributed by atoms with van der Waals surface area (Å²) in [5.74, 6) is -0.386. The summed E-state index contributed by atoms with van der Waals surface area (Å²) in [5.41, 5.74) is 5.31. The van der Waals surface area contributed by atoms with Gasteiger partial charge in [-0.15, -0.1) is 0 Å². The first-order chi connectivity index (χ1) is 13.4. The number of anilines is 1. The van der Waals surface area contributed by atoms with Gasteiger partial charge in [-0.25, -0.2) is 0 Å². The predicted molar refractivity (Wildman–Crippen MR) is 107 cm³/mol. The van der Waals surface area contributed by atoms with Gasteiger partial charge in [-0.05, 0) is 25.5 Å². The number of rotatable bonds is 4. The Morgan fingerprint density at radius 2 is 1.89 bits per heavy atom. The number of nitrogens with one attached hydrogen (secondary N) is 1. The molecular weight excluding hydrogens is 354 g/mol. The third-order valence-electron chi connectivity index (χ3n) is 6.05. The molecule has 0 saturated carbocycles. The average molecular weight is 381 g/mol. The number of hydrogen-bond donors (Lipinski definition) is 1. The predicted octanol–water partition coefficient (Wildman–Crippen LogP) is 1.81. The highest BCUT2D eigenvalue weighted by molar-refractivity contribution is 6.04. The zero-order chi connectivity index (χ0) is 19.8. The van der Waals surface area contributed by atoms with Gasteiger partial charge in [-0.3, -0.25) is 19.2 Å². The summed E-state index contributed by atoms with van der Waals surface area (Å²) in [6.45, 7) is 8.10. The molecule has 7 heteroatoms. The van der Waals surface area contributed by atoms with Crippen LogP contribution in [-0.4, -0.2) is 57.6 Å². The van der Waals surface area contributed by atoms with Gasteiger partial charge in [0.1, 0.15) is 0 Å². The SMILES string of the molecule is Cc1nn(C)c(C)c1CN1CCN(C(=O)CC2C(=O)Nc3ccccc32)CC1. The highest BCUT2D eigenvalue weighted by atomic mass is 16.2. The summed E-state index contributed by atoms with van der Waals surface area (Å²) in [5, 5.41) is 7.37. The second kappa shape index (κ2) is 7.39. The van der Waals surface area contributed by atoms with E-state index in [1.807, 2.05) is 47.8 Å². The van der Waals surface area contributed by atoms with E-state index in [2.05, 4.69) is 22.2 Å². The van der Waals surface area contributed by atoms with Crippen molar-refractivity contribution in [1.82, 2.24) is 19.6 Å². The molecule has 0 bridgehead atoms. The molecule has 2 aromatic rings. The van der Waals surface area contributed by atoms with E-state index in [9.17, 15) is 9.59 Å². The molecular formula is C21H27N5O2. The monoisotopic (exact) mass is 381 g/mol. The molecule has 148 valence electrons. The molecule has 7 nitrogen and oxygen atoms in total. The number of hydrogen-bond acceptors (Lipinski definition) is 4. The standard InChI is InChI=1S/C21H27N5O2/c1-14-18(15(2)24(3)23-14)13-25-8-10-26(11-9-25)20(27)12-17-16-6-4-5-7-19(16)22-21(17)28/h4-7,17H,8-13H2,1-3H3,(H,22,28). The maximum Gasteiger partial charge on any atom is 0.232 e. The normalized spacial score (nSPS) is 19.6. The number of nitrogens with zero attached hydrogens (tertiary/aromatic N) is 4. The van der Waals surface area contributed by atoms with Gasteiger partial charge in [0.05, 0.1) is 11.6 Å². The Morgan fingerprint density at radius 3 is 2.57 bits per heavy atom. The van der Waals surface area contributed by atoms with Gasteiger partial charge in [0.15, 0.2) is 0 Å². The van der Waals surface area contributed by atoms with Crippen LogP contribution in [0.4, 0.5) is 5.69 Å². The first kappa shape index (κ1) is 18.7. The lowest BCUT2D eigenvalue weighted by Crippen LogP contribution is -2.48. The van der Waals surface area contributed by atoms with Gasteiger partial charge in [0.25, 0.3) is 0 Å². The molecule has 0 radical (unpaired) electrons. The zero-order valence-corrected chi connectivity index (χ0v) is 16.7. The number of fused-ring (bicyclic) bond motifs is 1. The Hall–Kier alpha value is -2.67. The molecule has 2 aliphatic rings. The molecule has 1 N–H and O–H groups in total. The highest BCUT2D eigenvalue weighted by Gasteiger charge is 2.34. The van der Waals surface area contributed by atoms with Crippen LogP contribution in [0.15, 0.2) is 24.3 Å². The van der Waals surface area contributed by atoms with Gasteiger partial charge in [-0.2, -0.15) is 5.10 Å². The fourth-order valence-electron chi connectivity index (χ4n) is 4.21. The molecule has 1 aromatic heterocycles.